The lowest BCUT2D eigenvalue weighted by atomic mass is 9.94. The highest BCUT2D eigenvalue weighted by atomic mass is 127. The van der Waals surface area contributed by atoms with E-state index in [2.05, 4.69) is 20.6 Å². The number of guanidine groups is 1. The van der Waals surface area contributed by atoms with Crippen LogP contribution in [0.5, 0.6) is 0 Å². The van der Waals surface area contributed by atoms with Crippen LogP contribution >= 0.6 is 22.6 Å². The summed E-state index contributed by atoms with van der Waals surface area (Å²) in [5.74, 6) is -0.0431. The molecule has 0 radical (unpaired) electrons. The van der Waals surface area contributed by atoms with Crippen LogP contribution in [-0.2, 0) is 4.74 Å². The lowest BCUT2D eigenvalue weighted by Gasteiger charge is -2.26. The van der Waals surface area contributed by atoms with E-state index in [1.54, 1.807) is 24.4 Å². The molecule has 1 atom stereocenters. The second kappa shape index (κ2) is 7.58. The normalized spacial score (nSPS) is 14.6. The number of esters is 1. The number of anilines is 3. The Morgan fingerprint density at radius 3 is 2.75 bits per heavy atom. The molecule has 0 fully saturated rings. The number of aliphatic imine (C=N–C) groups is 1. The van der Waals surface area contributed by atoms with Crippen LogP contribution in [0.4, 0.5) is 17.3 Å². The summed E-state index contributed by atoms with van der Waals surface area (Å²) in [6.45, 7) is 0. The summed E-state index contributed by atoms with van der Waals surface area (Å²) in [5, 5.41) is 23.6. The van der Waals surface area contributed by atoms with E-state index in [0.717, 1.165) is 0 Å². The fourth-order valence-electron chi connectivity index (χ4n) is 2.80. The van der Waals surface area contributed by atoms with Gasteiger partial charge in [0.1, 0.15) is 29.3 Å². The van der Waals surface area contributed by atoms with Gasteiger partial charge in [-0.15, -0.1) is 0 Å². The first-order valence-electron chi connectivity index (χ1n) is 7.77. The average molecular weight is 488 g/mol. The minimum Gasteiger partial charge on any atom is -0.465 e. The van der Waals surface area contributed by atoms with E-state index in [0.29, 0.717) is 26.1 Å². The SMILES string of the molecule is COC(=O)c1ccc(C2N=C(NC#N)Nc3nc(N)c(C#N)c(N)c32)cc1I. The van der Waals surface area contributed by atoms with Gasteiger partial charge in [-0.25, -0.2) is 14.8 Å². The largest absolute Gasteiger partial charge is 0.465 e. The average Bonchev–Trinajstić information content (AvgIpc) is 2.67. The van der Waals surface area contributed by atoms with Crippen LogP contribution in [0.25, 0.3) is 0 Å². The second-order valence-electron chi connectivity index (χ2n) is 5.63. The van der Waals surface area contributed by atoms with Crippen LogP contribution in [0.2, 0.25) is 0 Å². The number of nitrogens with one attached hydrogen (secondary N) is 2. The molecular formula is C17H13IN8O2. The van der Waals surface area contributed by atoms with E-state index < -0.39 is 12.0 Å². The van der Waals surface area contributed by atoms with E-state index in [4.69, 9.17) is 21.5 Å². The number of carbonyl (C=O) groups excluding carboxylic acids is 1. The Hall–Kier alpha value is -3.58. The number of methoxy groups -OCH3 is 1. The number of nitriles is 2. The van der Waals surface area contributed by atoms with Crippen molar-refractivity contribution < 1.29 is 9.53 Å². The monoisotopic (exact) mass is 488 g/mol. The van der Waals surface area contributed by atoms with Gasteiger partial charge in [-0.1, -0.05) is 6.07 Å². The Morgan fingerprint density at radius 2 is 2.14 bits per heavy atom. The zero-order valence-corrected chi connectivity index (χ0v) is 16.6. The highest BCUT2D eigenvalue weighted by molar-refractivity contribution is 14.1. The highest BCUT2D eigenvalue weighted by Crippen LogP contribution is 2.40. The summed E-state index contributed by atoms with van der Waals surface area (Å²) in [4.78, 5) is 20.5. The Kier molecular flexibility index (Phi) is 5.19. The third kappa shape index (κ3) is 3.23. The summed E-state index contributed by atoms with van der Waals surface area (Å²) in [6, 6.07) is 6.34. The van der Waals surface area contributed by atoms with Gasteiger partial charge in [0.2, 0.25) is 5.96 Å². The number of rotatable bonds is 2. The standard InChI is InChI=1S/C17H13IN8O2/c1-28-16(27)8-3-2-7(4-10(8)18)13-11-12(21)9(5-19)14(22)25-15(11)26-17(24-13)23-6-20/h2-4,13H,1H3,(H6,21,22,23,24,25,26). The molecule has 10 nitrogen and oxygen atoms in total. The molecule has 3 rings (SSSR count). The molecular weight excluding hydrogens is 475 g/mol. The Bertz CT molecular complexity index is 1100. The predicted octanol–water partition coefficient (Wildman–Crippen LogP) is 1.45. The number of aromatic nitrogens is 1. The summed E-state index contributed by atoms with van der Waals surface area (Å²) >= 11 is 2.02. The van der Waals surface area contributed by atoms with Crippen LogP contribution < -0.4 is 22.1 Å². The van der Waals surface area contributed by atoms with Gasteiger partial charge in [-0.3, -0.25) is 5.32 Å². The molecule has 0 aliphatic carbocycles. The summed E-state index contributed by atoms with van der Waals surface area (Å²) in [5.41, 5.74) is 13.7. The minimum atomic E-state index is -0.674. The number of nitrogens with zero attached hydrogens (tertiary/aromatic N) is 4. The molecule has 1 aromatic carbocycles. The van der Waals surface area contributed by atoms with Crippen molar-refractivity contribution in [3.8, 4) is 12.3 Å². The zero-order chi connectivity index (χ0) is 20.4. The highest BCUT2D eigenvalue weighted by Gasteiger charge is 2.30. The number of hydrogen-bond acceptors (Lipinski definition) is 10. The van der Waals surface area contributed by atoms with Gasteiger partial charge in [-0.05, 0) is 40.3 Å². The maximum absolute atomic E-state index is 11.8. The van der Waals surface area contributed by atoms with Crippen LogP contribution in [0.1, 0.15) is 33.1 Å². The molecule has 0 saturated heterocycles. The minimum absolute atomic E-state index is 0.0289. The lowest BCUT2D eigenvalue weighted by molar-refractivity contribution is 0.0599. The van der Waals surface area contributed by atoms with Crippen molar-refractivity contribution in [3.63, 3.8) is 0 Å². The number of nitrogens with two attached hydrogens (primary N) is 2. The number of carbonyl (C=O) groups is 1. The third-order valence-corrected chi connectivity index (χ3v) is 4.96. The van der Waals surface area contributed by atoms with Crippen molar-refractivity contribution in [3.05, 3.63) is 44.0 Å². The first-order chi connectivity index (χ1) is 13.4. The van der Waals surface area contributed by atoms with Gasteiger partial charge < -0.3 is 21.5 Å². The number of fused-ring (bicyclic) bond motifs is 1. The van der Waals surface area contributed by atoms with Crippen LogP contribution in [0.3, 0.4) is 0 Å². The maximum atomic E-state index is 11.8. The van der Waals surface area contributed by atoms with Gasteiger partial charge in [0.25, 0.3) is 0 Å². The maximum Gasteiger partial charge on any atom is 0.338 e. The van der Waals surface area contributed by atoms with Gasteiger partial charge in [0.05, 0.1) is 18.4 Å². The van der Waals surface area contributed by atoms with E-state index in [-0.39, 0.29) is 23.0 Å². The molecule has 1 unspecified atom stereocenters. The van der Waals surface area contributed by atoms with Crippen molar-refractivity contribution in [2.45, 2.75) is 6.04 Å². The Morgan fingerprint density at radius 1 is 1.39 bits per heavy atom. The number of nitrogen functional groups attached to an aromatic ring is 2. The molecule has 0 bridgehead atoms. The predicted molar refractivity (Wildman–Crippen MR) is 110 cm³/mol. The lowest BCUT2D eigenvalue weighted by Crippen LogP contribution is -2.32. The molecule has 0 saturated carbocycles. The Balaban J connectivity index is 2.20. The molecule has 28 heavy (non-hydrogen) atoms. The number of halogens is 1. The number of hydrogen-bond donors (Lipinski definition) is 4. The smallest absolute Gasteiger partial charge is 0.338 e. The fourth-order valence-corrected chi connectivity index (χ4v) is 3.56. The molecule has 1 aliphatic heterocycles. The second-order valence-corrected chi connectivity index (χ2v) is 6.79. The van der Waals surface area contributed by atoms with Crippen molar-refractivity contribution in [2.75, 3.05) is 23.9 Å². The molecule has 11 heteroatoms. The van der Waals surface area contributed by atoms with Gasteiger partial charge in [0.15, 0.2) is 6.19 Å². The summed E-state index contributed by atoms with van der Waals surface area (Å²) in [7, 11) is 1.31. The molecule has 0 amide bonds. The van der Waals surface area contributed by atoms with E-state index in [1.807, 2.05) is 28.7 Å². The number of pyridine rings is 1. The molecule has 1 aromatic heterocycles. The summed E-state index contributed by atoms with van der Waals surface area (Å²) in [6.07, 6.45) is 1.79. The Labute approximate surface area is 173 Å². The summed E-state index contributed by atoms with van der Waals surface area (Å²) < 4.78 is 5.41. The first kappa shape index (κ1) is 19.2. The zero-order valence-electron chi connectivity index (χ0n) is 14.4. The van der Waals surface area contributed by atoms with Crippen LogP contribution in [0, 0.1) is 26.4 Å². The van der Waals surface area contributed by atoms with Gasteiger partial charge in [0, 0.05) is 9.13 Å². The quantitative estimate of drug-likeness (QED) is 0.211. The van der Waals surface area contributed by atoms with Crippen molar-refractivity contribution in [1.82, 2.24) is 10.3 Å². The van der Waals surface area contributed by atoms with Crippen LogP contribution in [0.15, 0.2) is 23.2 Å². The molecule has 0 spiro atoms. The number of ether oxygens (including phenoxy) is 1. The van der Waals surface area contributed by atoms with Crippen LogP contribution in [-0.4, -0.2) is 24.0 Å². The topological polar surface area (TPSA) is 175 Å². The van der Waals surface area contributed by atoms with Gasteiger partial charge in [-0.2, -0.15) is 10.5 Å². The molecule has 2 heterocycles. The van der Waals surface area contributed by atoms with Gasteiger partial charge >= 0.3 is 5.97 Å². The van der Waals surface area contributed by atoms with E-state index >= 15 is 0 Å². The van der Waals surface area contributed by atoms with Crippen molar-refractivity contribution >= 4 is 51.8 Å². The molecule has 2 aromatic rings. The fraction of sp³-hybridized carbons (Fsp3) is 0.118. The molecule has 1 aliphatic rings. The molecule has 6 N–H and O–H groups in total. The number of benzene rings is 1. The third-order valence-electron chi connectivity index (χ3n) is 4.07. The van der Waals surface area contributed by atoms with Crippen molar-refractivity contribution in [1.29, 1.82) is 10.5 Å². The van der Waals surface area contributed by atoms with E-state index in [9.17, 15) is 10.1 Å². The van der Waals surface area contributed by atoms with Crippen molar-refractivity contribution in [2.24, 2.45) is 4.99 Å². The first-order valence-corrected chi connectivity index (χ1v) is 8.85. The van der Waals surface area contributed by atoms with E-state index in [1.165, 1.54) is 7.11 Å². The molecule has 140 valence electrons.